The van der Waals surface area contributed by atoms with E-state index in [0.717, 1.165) is 12.5 Å². The molecular weight excluding hydrogens is 372 g/mol. The fourth-order valence-electron chi connectivity index (χ4n) is 2.15. The Balaban J connectivity index is 1.43. The van der Waals surface area contributed by atoms with E-state index >= 15 is 0 Å². The van der Waals surface area contributed by atoms with Crippen LogP contribution in [-0.2, 0) is 10.0 Å². The van der Waals surface area contributed by atoms with Gasteiger partial charge >= 0.3 is 0 Å². The van der Waals surface area contributed by atoms with Crippen molar-refractivity contribution in [2.45, 2.75) is 4.90 Å². The molecule has 0 unspecified atom stereocenters. The smallest absolute Gasteiger partial charge is 0.266 e. The van der Waals surface area contributed by atoms with Crippen molar-refractivity contribution in [1.82, 2.24) is 24.9 Å². The summed E-state index contributed by atoms with van der Waals surface area (Å²) >= 11 is 0. The van der Waals surface area contributed by atoms with Crippen LogP contribution in [0, 0.1) is 0 Å². The summed E-state index contributed by atoms with van der Waals surface area (Å²) in [5.41, 5.74) is 0.366. The molecule has 1 N–H and O–H groups in total. The van der Waals surface area contributed by atoms with Gasteiger partial charge in [-0.25, -0.2) is 13.4 Å². The van der Waals surface area contributed by atoms with E-state index in [0.29, 0.717) is 23.1 Å². The zero-order valence-electron chi connectivity index (χ0n) is 13.6. The molecule has 0 bridgehead atoms. The molecule has 0 saturated heterocycles. The molecule has 0 atom stereocenters. The van der Waals surface area contributed by atoms with Crippen molar-refractivity contribution in [2.75, 3.05) is 4.72 Å². The van der Waals surface area contributed by atoms with Gasteiger partial charge in [-0.15, -0.1) is 10.2 Å². The summed E-state index contributed by atoms with van der Waals surface area (Å²) in [6, 6.07) is 9.76. The number of imidazole rings is 1. The highest BCUT2D eigenvalue weighted by molar-refractivity contribution is 7.92. The number of nitrogens with one attached hydrogen (secondary N) is 1. The molecular formula is C16H12N6O4S. The van der Waals surface area contributed by atoms with Gasteiger partial charge in [-0.3, -0.25) is 9.29 Å². The Bertz CT molecular complexity index is 1110. The maximum atomic E-state index is 12.1. The molecule has 136 valence electrons. The lowest BCUT2D eigenvalue weighted by atomic mass is 10.3. The van der Waals surface area contributed by atoms with E-state index in [1.165, 1.54) is 0 Å². The van der Waals surface area contributed by atoms with Gasteiger partial charge in [-0.05, 0) is 30.3 Å². The summed E-state index contributed by atoms with van der Waals surface area (Å²) in [5, 5.41) is 11.4. The number of rotatable bonds is 6. The van der Waals surface area contributed by atoms with Crippen molar-refractivity contribution in [3.8, 4) is 17.4 Å². The lowest BCUT2D eigenvalue weighted by Crippen LogP contribution is -2.11. The molecule has 4 rings (SSSR count). The molecule has 0 aliphatic carbocycles. The first-order valence-electron chi connectivity index (χ1n) is 7.62. The van der Waals surface area contributed by atoms with Gasteiger partial charge in [0, 0.05) is 24.1 Å². The molecule has 0 radical (unpaired) electrons. The van der Waals surface area contributed by atoms with Crippen LogP contribution in [0.15, 0.2) is 77.0 Å². The molecule has 4 aromatic rings. The van der Waals surface area contributed by atoms with Crippen molar-refractivity contribution < 1.29 is 17.7 Å². The monoisotopic (exact) mass is 384 g/mol. The maximum absolute atomic E-state index is 12.1. The molecule has 0 aliphatic rings. The molecule has 3 heterocycles. The predicted molar refractivity (Wildman–Crippen MR) is 93.0 cm³/mol. The van der Waals surface area contributed by atoms with Gasteiger partial charge in [0.2, 0.25) is 5.88 Å². The third-order valence-electron chi connectivity index (χ3n) is 3.44. The summed E-state index contributed by atoms with van der Waals surface area (Å²) in [7, 11) is -3.74. The summed E-state index contributed by atoms with van der Waals surface area (Å²) in [5.74, 6) is 1.39. The van der Waals surface area contributed by atoms with Crippen molar-refractivity contribution in [3.63, 3.8) is 0 Å². The second-order valence-corrected chi connectivity index (χ2v) is 6.97. The molecule has 0 aliphatic heterocycles. The highest BCUT2D eigenvalue weighted by atomic mass is 32.2. The van der Waals surface area contributed by atoms with E-state index in [9.17, 15) is 8.42 Å². The zero-order valence-corrected chi connectivity index (χ0v) is 14.4. The number of sulfonamides is 1. The van der Waals surface area contributed by atoms with Crippen LogP contribution < -0.4 is 9.46 Å². The summed E-state index contributed by atoms with van der Waals surface area (Å²) in [4.78, 5) is 3.89. The number of benzene rings is 1. The average Bonchev–Trinajstić information content (AvgIpc) is 3.38. The number of nitrogens with zero attached hydrogens (tertiary/aromatic N) is 5. The van der Waals surface area contributed by atoms with Crippen molar-refractivity contribution in [2.24, 2.45) is 0 Å². The second kappa shape index (κ2) is 6.88. The first kappa shape index (κ1) is 16.7. The van der Waals surface area contributed by atoms with E-state index < -0.39 is 10.0 Å². The fourth-order valence-corrected chi connectivity index (χ4v) is 3.07. The number of ether oxygens (including phenoxy) is 1. The van der Waals surface area contributed by atoms with Crippen LogP contribution >= 0.6 is 0 Å². The van der Waals surface area contributed by atoms with Gasteiger partial charge in [-0.2, -0.15) is 0 Å². The average molecular weight is 384 g/mol. The molecule has 27 heavy (non-hydrogen) atoms. The minimum Gasteiger partial charge on any atom is -0.438 e. The standard InChI is InChI=1S/C16H12N6O4S/c23-27(24,14-9-18-25-10-14)21-12-1-3-13(4-2-12)26-16-6-5-15(19-20-16)22-8-7-17-11-22/h1-11,21H. The molecule has 10 nitrogen and oxygen atoms in total. The Morgan fingerprint density at radius 1 is 1.07 bits per heavy atom. The maximum Gasteiger partial charge on any atom is 0.266 e. The quantitative estimate of drug-likeness (QED) is 0.536. The second-order valence-electron chi connectivity index (χ2n) is 5.29. The predicted octanol–water partition coefficient (Wildman–Crippen LogP) is 2.24. The highest BCUT2D eigenvalue weighted by Crippen LogP contribution is 2.23. The Morgan fingerprint density at radius 3 is 2.56 bits per heavy atom. The topological polar surface area (TPSA) is 125 Å². The van der Waals surface area contributed by atoms with Crippen LogP contribution in [0.25, 0.3) is 5.82 Å². The summed E-state index contributed by atoms with van der Waals surface area (Å²) < 4.78 is 38.5. The van der Waals surface area contributed by atoms with Gasteiger partial charge in [0.1, 0.15) is 23.2 Å². The number of aromatic nitrogens is 5. The lowest BCUT2D eigenvalue weighted by molar-refractivity contribution is 0.417. The van der Waals surface area contributed by atoms with Crippen LogP contribution in [-0.4, -0.2) is 33.3 Å². The van der Waals surface area contributed by atoms with Crippen LogP contribution in [0.5, 0.6) is 11.6 Å². The zero-order chi connectivity index (χ0) is 18.7. The molecule has 11 heteroatoms. The normalized spacial score (nSPS) is 11.3. The minimum absolute atomic E-state index is 0.0592. The SMILES string of the molecule is O=S(=O)(Nc1ccc(Oc2ccc(-n3ccnc3)nn2)cc1)c1cnoc1. The first-order valence-corrected chi connectivity index (χ1v) is 9.11. The van der Waals surface area contributed by atoms with Gasteiger partial charge in [0.25, 0.3) is 10.0 Å². The van der Waals surface area contributed by atoms with Crippen molar-refractivity contribution >= 4 is 15.7 Å². The Hall–Kier alpha value is -3.73. The number of hydrogen-bond donors (Lipinski definition) is 1. The van der Waals surface area contributed by atoms with E-state index in [2.05, 4.69) is 29.6 Å². The number of anilines is 1. The van der Waals surface area contributed by atoms with E-state index in [1.54, 1.807) is 59.7 Å². The molecule has 1 aromatic carbocycles. The van der Waals surface area contributed by atoms with E-state index in [-0.39, 0.29) is 4.90 Å². The van der Waals surface area contributed by atoms with Gasteiger partial charge in [0.05, 0.1) is 6.20 Å². The Labute approximate surface area is 153 Å². The van der Waals surface area contributed by atoms with Crippen LogP contribution in [0.1, 0.15) is 0 Å². The number of hydrogen-bond acceptors (Lipinski definition) is 8. The molecule has 3 aromatic heterocycles. The van der Waals surface area contributed by atoms with Crippen LogP contribution in [0.3, 0.4) is 0 Å². The Morgan fingerprint density at radius 2 is 1.93 bits per heavy atom. The molecule has 0 saturated carbocycles. The van der Waals surface area contributed by atoms with Gasteiger partial charge in [0.15, 0.2) is 5.82 Å². The van der Waals surface area contributed by atoms with Crippen molar-refractivity contribution in [3.05, 3.63) is 67.6 Å². The first-order chi connectivity index (χ1) is 13.1. The lowest BCUT2D eigenvalue weighted by Gasteiger charge is -2.08. The summed E-state index contributed by atoms with van der Waals surface area (Å²) in [6.07, 6.45) is 7.18. The molecule has 0 amide bonds. The van der Waals surface area contributed by atoms with E-state index in [4.69, 9.17) is 4.74 Å². The third kappa shape index (κ3) is 3.77. The van der Waals surface area contributed by atoms with Crippen LogP contribution in [0.2, 0.25) is 0 Å². The summed E-state index contributed by atoms with van der Waals surface area (Å²) in [6.45, 7) is 0. The minimum atomic E-state index is -3.74. The largest absolute Gasteiger partial charge is 0.438 e. The molecule has 0 spiro atoms. The van der Waals surface area contributed by atoms with E-state index in [1.807, 2.05) is 0 Å². The molecule has 0 fully saturated rings. The van der Waals surface area contributed by atoms with Crippen LogP contribution in [0.4, 0.5) is 5.69 Å². The van der Waals surface area contributed by atoms with Crippen molar-refractivity contribution in [1.29, 1.82) is 0 Å². The Kier molecular flexibility index (Phi) is 4.26. The third-order valence-corrected chi connectivity index (χ3v) is 4.77. The van der Waals surface area contributed by atoms with Gasteiger partial charge < -0.3 is 9.26 Å². The fraction of sp³-hybridized carbons (Fsp3) is 0. The highest BCUT2D eigenvalue weighted by Gasteiger charge is 2.16. The van der Waals surface area contributed by atoms with Gasteiger partial charge in [-0.1, -0.05) is 5.16 Å².